The van der Waals surface area contributed by atoms with Crippen LogP contribution in [0.5, 0.6) is 0 Å². The van der Waals surface area contributed by atoms with E-state index in [0.29, 0.717) is 0 Å². The Labute approximate surface area is 252 Å². The average Bonchev–Trinajstić information content (AvgIpc) is 3.72. The monoisotopic (exact) mass is 567 g/mol. The number of H-pyrrole nitrogens is 1. The van der Waals surface area contributed by atoms with Crippen molar-refractivity contribution in [2.75, 3.05) is 44.7 Å². The molecule has 3 aromatic heterocycles. The summed E-state index contributed by atoms with van der Waals surface area (Å²) in [6, 6.07) is 2.27. The molecule has 224 valence electrons. The van der Waals surface area contributed by atoms with Gasteiger partial charge in [0.1, 0.15) is 11.3 Å². The van der Waals surface area contributed by atoms with Crippen LogP contribution < -0.4 is 10.2 Å². The Morgan fingerprint density at radius 3 is 2.40 bits per heavy atom. The van der Waals surface area contributed by atoms with E-state index in [4.69, 9.17) is 4.98 Å². The predicted molar refractivity (Wildman–Crippen MR) is 179 cm³/mol. The van der Waals surface area contributed by atoms with Gasteiger partial charge in [0.15, 0.2) is 0 Å². The third kappa shape index (κ3) is 7.77. The number of likely N-dealkylation sites (N-methyl/N-ethyl adjacent to an activating group) is 1. The number of aromatic amines is 1. The van der Waals surface area contributed by atoms with Gasteiger partial charge in [0.05, 0.1) is 23.6 Å². The number of aryl methyl sites for hydroxylation is 1. The first-order chi connectivity index (χ1) is 20.5. The lowest BCUT2D eigenvalue weighted by molar-refractivity contribution is 0.334. The van der Waals surface area contributed by atoms with Crippen LogP contribution in [-0.4, -0.2) is 64.6 Å². The number of fused-ring (bicyclic) bond motifs is 1. The average molecular weight is 568 g/mol. The van der Waals surface area contributed by atoms with E-state index in [0.717, 1.165) is 70.0 Å². The number of aromatic nitrogens is 4. The molecule has 7 heteroatoms. The minimum absolute atomic E-state index is 0.721. The Hall–Kier alpha value is -3.71. The van der Waals surface area contributed by atoms with E-state index < -0.39 is 0 Å². The quantitative estimate of drug-likeness (QED) is 0.239. The Kier molecular flexibility index (Phi) is 11.5. The molecule has 42 heavy (non-hydrogen) atoms. The summed E-state index contributed by atoms with van der Waals surface area (Å²) >= 11 is 0. The summed E-state index contributed by atoms with van der Waals surface area (Å²) in [5.74, 6) is 0.721. The van der Waals surface area contributed by atoms with Gasteiger partial charge in [0.25, 0.3) is 0 Å². The van der Waals surface area contributed by atoms with Gasteiger partial charge in [-0.3, -0.25) is 9.97 Å². The van der Waals surface area contributed by atoms with Crippen LogP contribution in [0, 0.1) is 0 Å². The molecule has 0 aromatic carbocycles. The lowest BCUT2D eigenvalue weighted by Crippen LogP contribution is -2.29. The minimum Gasteiger partial charge on any atom is -0.388 e. The number of likely N-dealkylation sites (tertiary alicyclic amines) is 1. The summed E-state index contributed by atoms with van der Waals surface area (Å²) in [7, 11) is 1.91. The van der Waals surface area contributed by atoms with Gasteiger partial charge in [0, 0.05) is 49.4 Å². The van der Waals surface area contributed by atoms with E-state index in [9.17, 15) is 0 Å². The van der Waals surface area contributed by atoms with E-state index in [1.165, 1.54) is 63.7 Å². The van der Waals surface area contributed by atoms with Crippen LogP contribution in [0.3, 0.4) is 0 Å². The maximum atomic E-state index is 4.95. The van der Waals surface area contributed by atoms with Crippen molar-refractivity contribution >= 4 is 27.9 Å². The predicted octanol–water partition coefficient (Wildman–Crippen LogP) is 7.17. The number of anilines is 1. The number of pyridine rings is 2. The molecule has 5 heterocycles. The highest BCUT2D eigenvalue weighted by molar-refractivity contribution is 5.91. The zero-order chi connectivity index (χ0) is 29.9. The highest BCUT2D eigenvalue weighted by atomic mass is 15.2. The van der Waals surface area contributed by atoms with Crippen LogP contribution in [0.4, 0.5) is 5.69 Å². The van der Waals surface area contributed by atoms with Crippen molar-refractivity contribution in [2.24, 2.45) is 0 Å². The van der Waals surface area contributed by atoms with E-state index in [1.807, 2.05) is 45.7 Å². The van der Waals surface area contributed by atoms with Gasteiger partial charge in [0.2, 0.25) is 0 Å². The molecule has 0 aliphatic carbocycles. The molecule has 0 amide bonds. The van der Waals surface area contributed by atoms with E-state index in [-0.39, 0.29) is 0 Å². The number of allylic oxidation sites excluding steroid dienone is 4. The molecule has 0 atom stereocenters. The van der Waals surface area contributed by atoms with Crippen molar-refractivity contribution in [2.45, 2.75) is 65.7 Å². The normalized spacial score (nSPS) is 16.3. The number of rotatable bonds is 11. The third-order valence-corrected chi connectivity index (χ3v) is 8.20. The summed E-state index contributed by atoms with van der Waals surface area (Å²) < 4.78 is 0. The Morgan fingerprint density at radius 2 is 1.67 bits per heavy atom. The summed E-state index contributed by atoms with van der Waals surface area (Å²) in [5.41, 5.74) is 9.00. The minimum atomic E-state index is 0.721. The zero-order valence-corrected chi connectivity index (χ0v) is 26.2. The second-order valence-corrected chi connectivity index (χ2v) is 11.1. The second-order valence-electron chi connectivity index (χ2n) is 11.1. The number of hydrogen-bond donors (Lipinski definition) is 2. The molecule has 2 fully saturated rings. The third-order valence-electron chi connectivity index (χ3n) is 8.20. The van der Waals surface area contributed by atoms with Gasteiger partial charge in [-0.1, -0.05) is 33.1 Å². The first-order valence-electron chi connectivity index (χ1n) is 15.7. The van der Waals surface area contributed by atoms with Crippen molar-refractivity contribution in [1.82, 2.24) is 30.2 Å². The van der Waals surface area contributed by atoms with Crippen molar-refractivity contribution in [1.29, 1.82) is 0 Å². The standard InChI is InChI=1S/C33H43N7.C2H6/c1-24(28-19-27(20-35-21-28)11-10-16-39-14-8-9-15-39)12-13-29(34-4)25(2)26(3)33-37-30-22-36-23-31(32(30)38-33)40-17-6-5-7-18-40;1-2/h12-13,19-23,34H,2-3,5-11,14-18H2,1,4H3,(H,37,38);1-2H3/b24-12+,29-13+;. The number of piperidine rings is 1. The van der Waals surface area contributed by atoms with Gasteiger partial charge in [-0.2, -0.15) is 0 Å². The molecule has 0 unspecified atom stereocenters. The molecular formula is C35H49N7. The second kappa shape index (κ2) is 15.5. The van der Waals surface area contributed by atoms with Gasteiger partial charge >= 0.3 is 0 Å². The molecule has 0 saturated carbocycles. The maximum absolute atomic E-state index is 4.95. The SMILES string of the molecule is C=C(C(=C)c1nc2c(N3CCCCC3)cncc2[nH]1)/C(=C\C=C(/C)c1cncc(CCCN2CCCC2)c1)NC.CC. The van der Waals surface area contributed by atoms with Crippen molar-refractivity contribution in [3.05, 3.63) is 84.4 Å². The summed E-state index contributed by atoms with van der Waals surface area (Å²) in [4.78, 5) is 22.3. The Balaban J connectivity index is 0.00000198. The Morgan fingerprint density at radius 1 is 0.952 bits per heavy atom. The van der Waals surface area contributed by atoms with Crippen molar-refractivity contribution in [3.8, 4) is 0 Å². The van der Waals surface area contributed by atoms with Crippen LogP contribution in [0.1, 0.15) is 76.2 Å². The van der Waals surface area contributed by atoms with Gasteiger partial charge < -0.3 is 20.1 Å². The largest absolute Gasteiger partial charge is 0.388 e. The van der Waals surface area contributed by atoms with Crippen LogP contribution in [0.25, 0.3) is 22.2 Å². The maximum Gasteiger partial charge on any atom is 0.138 e. The van der Waals surface area contributed by atoms with E-state index in [2.05, 4.69) is 68.4 Å². The van der Waals surface area contributed by atoms with Gasteiger partial charge in [-0.15, -0.1) is 0 Å². The number of nitrogens with zero attached hydrogens (tertiary/aromatic N) is 5. The van der Waals surface area contributed by atoms with Gasteiger partial charge in [-0.05, 0) is 100 Å². The summed E-state index contributed by atoms with van der Waals surface area (Å²) in [6.07, 6.45) is 20.5. The van der Waals surface area contributed by atoms with Gasteiger partial charge in [-0.25, -0.2) is 4.98 Å². The molecule has 3 aromatic rings. The molecule has 0 bridgehead atoms. The molecule has 7 nitrogen and oxygen atoms in total. The number of imidazole rings is 1. The Bertz CT molecular complexity index is 1400. The lowest BCUT2D eigenvalue weighted by atomic mass is 10.0. The fourth-order valence-electron chi connectivity index (χ4n) is 5.73. The smallest absolute Gasteiger partial charge is 0.138 e. The first kappa shape index (κ1) is 31.2. The van der Waals surface area contributed by atoms with Crippen LogP contribution in [0.2, 0.25) is 0 Å². The fraction of sp³-hybridized carbons (Fsp3) is 0.457. The van der Waals surface area contributed by atoms with Crippen molar-refractivity contribution < 1.29 is 0 Å². The van der Waals surface area contributed by atoms with E-state index >= 15 is 0 Å². The lowest BCUT2D eigenvalue weighted by Gasteiger charge is -2.28. The molecule has 2 aliphatic rings. The number of nitrogens with one attached hydrogen (secondary N) is 2. The van der Waals surface area contributed by atoms with Crippen LogP contribution in [0.15, 0.2) is 67.4 Å². The molecule has 5 rings (SSSR count). The first-order valence-corrected chi connectivity index (χ1v) is 15.7. The van der Waals surface area contributed by atoms with Crippen molar-refractivity contribution in [3.63, 3.8) is 0 Å². The summed E-state index contributed by atoms with van der Waals surface area (Å²) in [6.45, 7) is 20.6. The fourth-order valence-corrected chi connectivity index (χ4v) is 5.73. The molecule has 0 spiro atoms. The number of hydrogen-bond acceptors (Lipinski definition) is 6. The molecule has 0 radical (unpaired) electrons. The van der Waals surface area contributed by atoms with E-state index in [1.54, 1.807) is 0 Å². The van der Waals surface area contributed by atoms with Crippen LogP contribution in [-0.2, 0) is 6.42 Å². The highest BCUT2D eigenvalue weighted by Gasteiger charge is 2.18. The molecule has 2 N–H and O–H groups in total. The molecule has 2 saturated heterocycles. The van der Waals surface area contributed by atoms with Crippen LogP contribution >= 0.6 is 0 Å². The summed E-state index contributed by atoms with van der Waals surface area (Å²) in [5, 5.41) is 3.30. The highest BCUT2D eigenvalue weighted by Crippen LogP contribution is 2.30. The zero-order valence-electron chi connectivity index (χ0n) is 26.2. The topological polar surface area (TPSA) is 73.0 Å². The molecule has 2 aliphatic heterocycles. The molecular weight excluding hydrogens is 518 g/mol.